The molecule has 8 heteroatoms. The molecule has 0 radical (unpaired) electrons. The van der Waals surface area contributed by atoms with Crippen molar-refractivity contribution in [2.45, 2.75) is 16.3 Å². The highest BCUT2D eigenvalue weighted by atomic mass is 32.2. The summed E-state index contributed by atoms with van der Waals surface area (Å²) < 4.78 is 50.8. The molecule has 0 spiro atoms. The van der Waals surface area contributed by atoms with E-state index in [1.54, 1.807) is 0 Å². The Morgan fingerprint density at radius 3 is 2.59 bits per heavy atom. The maximum Gasteiger partial charge on any atom is 0.417 e. The van der Waals surface area contributed by atoms with Crippen LogP contribution in [0.5, 0.6) is 0 Å². The molecule has 22 heavy (non-hydrogen) atoms. The number of fused-ring (bicyclic) bond motifs is 1. The maximum atomic E-state index is 12.7. The summed E-state index contributed by atoms with van der Waals surface area (Å²) in [6.07, 6.45) is -3.71. The van der Waals surface area contributed by atoms with Crippen molar-refractivity contribution >= 4 is 32.5 Å². The number of hydrogen-bond acceptors (Lipinski definition) is 4. The molecule has 3 rings (SSSR count). The molecule has 0 fully saturated rings. The monoisotopic (exact) mass is 342 g/mol. The van der Waals surface area contributed by atoms with Crippen LogP contribution in [0.25, 0.3) is 10.3 Å². The van der Waals surface area contributed by atoms with E-state index in [1.807, 2.05) is 30.3 Å². The summed E-state index contributed by atoms with van der Waals surface area (Å²) in [5.74, 6) is 0.271. The average molecular weight is 342 g/mol. The highest BCUT2D eigenvalue weighted by Gasteiger charge is 2.31. The number of hydrogen-bond donors (Lipinski definition) is 0. The first kappa shape index (κ1) is 15.1. The SMILES string of the molecule is O=[S@@](Cc1ccccc1)c1nc2ncc(C(F)(F)F)cc2s1. The molecule has 0 aliphatic rings. The van der Waals surface area contributed by atoms with Crippen molar-refractivity contribution in [3.8, 4) is 0 Å². The first-order chi connectivity index (χ1) is 10.4. The molecule has 1 aromatic carbocycles. The summed E-state index contributed by atoms with van der Waals surface area (Å²) >= 11 is 0.981. The number of alkyl halides is 3. The van der Waals surface area contributed by atoms with Gasteiger partial charge in [-0.05, 0) is 11.6 Å². The molecule has 0 bridgehead atoms. The van der Waals surface area contributed by atoms with Crippen LogP contribution in [0.1, 0.15) is 11.1 Å². The van der Waals surface area contributed by atoms with Gasteiger partial charge >= 0.3 is 6.18 Å². The number of halogens is 3. The zero-order valence-electron chi connectivity index (χ0n) is 11.0. The van der Waals surface area contributed by atoms with Crippen molar-refractivity contribution in [2.75, 3.05) is 0 Å². The van der Waals surface area contributed by atoms with Crippen LogP contribution in [0.3, 0.4) is 0 Å². The molecular weight excluding hydrogens is 333 g/mol. The molecule has 114 valence electrons. The molecule has 0 aliphatic heterocycles. The van der Waals surface area contributed by atoms with Gasteiger partial charge < -0.3 is 0 Å². The Morgan fingerprint density at radius 2 is 1.91 bits per heavy atom. The topological polar surface area (TPSA) is 42.9 Å². The second kappa shape index (κ2) is 5.77. The van der Waals surface area contributed by atoms with E-state index in [4.69, 9.17) is 0 Å². The summed E-state index contributed by atoms with van der Waals surface area (Å²) in [6.45, 7) is 0. The number of nitrogens with zero attached hydrogens (tertiary/aromatic N) is 2. The Bertz CT molecular complexity index is 831. The van der Waals surface area contributed by atoms with Crippen molar-refractivity contribution in [1.29, 1.82) is 0 Å². The van der Waals surface area contributed by atoms with Crippen molar-refractivity contribution < 1.29 is 17.4 Å². The Balaban J connectivity index is 1.90. The average Bonchev–Trinajstić information content (AvgIpc) is 2.90. The molecule has 0 N–H and O–H groups in total. The van der Waals surface area contributed by atoms with E-state index in [1.165, 1.54) is 0 Å². The van der Waals surface area contributed by atoms with Gasteiger partial charge in [-0.1, -0.05) is 30.3 Å². The molecule has 3 nitrogen and oxygen atoms in total. The standard InChI is InChI=1S/C14H9F3N2OS2/c15-14(16,17)10-6-11-12(18-7-10)19-13(21-11)22(20)8-9-4-2-1-3-5-9/h1-7H,8H2/t22-/m0/s1. The Labute approximate surface area is 130 Å². The lowest BCUT2D eigenvalue weighted by Crippen LogP contribution is -2.04. The number of benzene rings is 1. The van der Waals surface area contributed by atoms with Crippen molar-refractivity contribution in [3.05, 3.63) is 53.7 Å². The molecule has 0 unspecified atom stereocenters. The molecule has 0 saturated carbocycles. The van der Waals surface area contributed by atoms with Gasteiger partial charge in [-0.15, -0.1) is 11.3 Å². The fourth-order valence-electron chi connectivity index (χ4n) is 1.84. The molecule has 2 aromatic heterocycles. The number of thiazole rings is 1. The summed E-state index contributed by atoms with van der Waals surface area (Å²) in [5.41, 5.74) is 0.238. The predicted molar refractivity (Wildman–Crippen MR) is 79.0 cm³/mol. The van der Waals surface area contributed by atoms with Gasteiger partial charge in [0, 0.05) is 6.20 Å². The van der Waals surface area contributed by atoms with Gasteiger partial charge in [0.1, 0.15) is 0 Å². The fourth-order valence-corrected chi connectivity index (χ4v) is 4.16. The summed E-state index contributed by atoms with van der Waals surface area (Å²) in [4.78, 5) is 7.77. The van der Waals surface area contributed by atoms with Crippen LogP contribution in [0.4, 0.5) is 13.2 Å². The van der Waals surface area contributed by atoms with E-state index in [-0.39, 0.29) is 20.4 Å². The number of aromatic nitrogens is 2. The largest absolute Gasteiger partial charge is 0.417 e. The molecule has 0 saturated heterocycles. The molecule has 3 aromatic rings. The van der Waals surface area contributed by atoms with Crippen LogP contribution in [0.15, 0.2) is 46.9 Å². The van der Waals surface area contributed by atoms with Crippen LogP contribution in [-0.2, 0) is 22.7 Å². The van der Waals surface area contributed by atoms with Crippen LogP contribution >= 0.6 is 11.3 Å². The van der Waals surface area contributed by atoms with Gasteiger partial charge in [0.25, 0.3) is 0 Å². The van der Waals surface area contributed by atoms with E-state index in [9.17, 15) is 17.4 Å². The van der Waals surface area contributed by atoms with Crippen LogP contribution in [-0.4, -0.2) is 14.2 Å². The van der Waals surface area contributed by atoms with Crippen molar-refractivity contribution in [2.24, 2.45) is 0 Å². The normalized spacial score (nSPS) is 13.4. The van der Waals surface area contributed by atoms with Gasteiger partial charge in [-0.25, -0.2) is 9.97 Å². The quantitative estimate of drug-likeness (QED) is 0.722. The Hall–Kier alpha value is -1.80. The van der Waals surface area contributed by atoms with E-state index < -0.39 is 22.5 Å². The van der Waals surface area contributed by atoms with E-state index in [0.29, 0.717) is 0 Å². The van der Waals surface area contributed by atoms with Crippen LogP contribution in [0.2, 0.25) is 0 Å². The third-order valence-electron chi connectivity index (χ3n) is 2.89. The minimum Gasteiger partial charge on any atom is -0.252 e. The van der Waals surface area contributed by atoms with Gasteiger partial charge in [-0.2, -0.15) is 13.2 Å². The lowest BCUT2D eigenvalue weighted by atomic mass is 10.2. The van der Waals surface area contributed by atoms with Gasteiger partial charge in [-0.3, -0.25) is 4.21 Å². The third-order valence-corrected chi connectivity index (χ3v) is 5.56. The summed E-state index contributed by atoms with van der Waals surface area (Å²) in [7, 11) is -1.41. The lowest BCUT2D eigenvalue weighted by molar-refractivity contribution is -0.137. The molecule has 0 amide bonds. The van der Waals surface area contributed by atoms with E-state index in [0.717, 1.165) is 29.2 Å². The first-order valence-electron chi connectivity index (χ1n) is 6.19. The van der Waals surface area contributed by atoms with Crippen LogP contribution < -0.4 is 0 Å². The molecule has 1 atom stereocenters. The minimum atomic E-state index is -4.45. The highest BCUT2D eigenvalue weighted by molar-refractivity contribution is 7.86. The molecule has 0 aliphatic carbocycles. The van der Waals surface area contributed by atoms with E-state index in [2.05, 4.69) is 9.97 Å². The highest BCUT2D eigenvalue weighted by Crippen LogP contribution is 2.32. The molecular formula is C14H9F3N2OS2. The smallest absolute Gasteiger partial charge is 0.252 e. The third kappa shape index (κ3) is 3.17. The predicted octanol–water partition coefficient (Wildman–Crippen LogP) is 4.02. The molecule has 2 heterocycles. The Morgan fingerprint density at radius 1 is 1.18 bits per heavy atom. The number of pyridine rings is 1. The van der Waals surface area contributed by atoms with Gasteiger partial charge in [0.2, 0.25) is 0 Å². The minimum absolute atomic E-state index is 0.189. The zero-order chi connectivity index (χ0) is 15.7. The summed E-state index contributed by atoms with van der Waals surface area (Å²) in [6, 6.07) is 10.2. The zero-order valence-corrected chi connectivity index (χ0v) is 12.6. The van der Waals surface area contributed by atoms with Gasteiger partial charge in [0.15, 0.2) is 9.99 Å². The summed E-state index contributed by atoms with van der Waals surface area (Å²) in [5, 5.41) is 0. The van der Waals surface area contributed by atoms with Crippen LogP contribution in [0, 0.1) is 0 Å². The number of rotatable bonds is 3. The van der Waals surface area contributed by atoms with Gasteiger partial charge in [0.05, 0.1) is 26.8 Å². The maximum absolute atomic E-state index is 12.7. The first-order valence-corrected chi connectivity index (χ1v) is 8.33. The second-order valence-electron chi connectivity index (χ2n) is 4.50. The van der Waals surface area contributed by atoms with Crippen molar-refractivity contribution in [1.82, 2.24) is 9.97 Å². The fraction of sp³-hybridized carbons (Fsp3) is 0.143. The van der Waals surface area contributed by atoms with Crippen molar-refractivity contribution in [3.63, 3.8) is 0 Å². The second-order valence-corrected chi connectivity index (χ2v) is 7.15. The Kier molecular flexibility index (Phi) is 3.96. The van der Waals surface area contributed by atoms with E-state index >= 15 is 0 Å². The lowest BCUT2D eigenvalue weighted by Gasteiger charge is -2.04.